The fourth-order valence-corrected chi connectivity index (χ4v) is 6.31. The van der Waals surface area contributed by atoms with Crippen LogP contribution in [0.4, 0.5) is 17.2 Å². The maximum atomic E-state index is 13.9. The quantitative estimate of drug-likeness (QED) is 0.246. The molecule has 2 aliphatic rings. The Morgan fingerprint density at radius 3 is 2.65 bits per heavy atom. The van der Waals surface area contributed by atoms with Gasteiger partial charge in [-0.05, 0) is 61.2 Å². The minimum atomic E-state index is -0.340. The lowest BCUT2D eigenvalue weighted by atomic mass is 9.89. The third-order valence-electron chi connectivity index (χ3n) is 8.74. The SMILES string of the molecule is CCCCC1Cc2ccncc2C(=O)N1c1cccc(-c2cc(Nc3ccc(C(=O)N4CCOCC4)cn3)c(=O)[nH]c2C)c1CO. The Hall–Kier alpha value is -4.87. The molecule has 0 saturated carbocycles. The zero-order valence-electron chi connectivity index (χ0n) is 26.1. The van der Waals surface area contributed by atoms with E-state index in [-0.39, 0.29) is 35.7 Å². The molecule has 0 radical (unpaired) electrons. The number of aromatic amines is 1. The summed E-state index contributed by atoms with van der Waals surface area (Å²) in [5, 5.41) is 13.8. The first-order valence-electron chi connectivity index (χ1n) is 15.7. The van der Waals surface area contributed by atoms with E-state index >= 15 is 0 Å². The van der Waals surface area contributed by atoms with Gasteiger partial charge >= 0.3 is 0 Å². The molecule has 4 aromatic rings. The van der Waals surface area contributed by atoms with Gasteiger partial charge in [-0.1, -0.05) is 31.9 Å². The van der Waals surface area contributed by atoms with Crippen molar-refractivity contribution in [2.24, 2.45) is 0 Å². The standard InChI is InChI=1S/C35H38N6O5/c1-3-4-6-25-17-23-11-12-36-20-28(23)35(45)41(25)31-8-5-7-26(29(31)21-42)27-18-30(33(43)38-22(27)2)39-32-10-9-24(19-37-32)34(44)40-13-15-46-16-14-40/h5,7-12,18-20,25,42H,3-4,6,13-17,21H2,1-2H3,(H,37,39)(H,38,43). The minimum absolute atomic E-state index is 0.0685. The molecular weight excluding hydrogens is 584 g/mol. The molecule has 6 rings (SSSR count). The number of benzene rings is 1. The van der Waals surface area contributed by atoms with Crippen molar-refractivity contribution in [1.29, 1.82) is 0 Å². The first kappa shape index (κ1) is 31.1. The highest BCUT2D eigenvalue weighted by molar-refractivity contribution is 6.09. The second kappa shape index (κ2) is 13.6. The second-order valence-electron chi connectivity index (χ2n) is 11.7. The normalized spacial score (nSPS) is 16.3. The number of ether oxygens (including phenoxy) is 1. The van der Waals surface area contributed by atoms with Crippen molar-refractivity contribution < 1.29 is 19.4 Å². The summed E-state index contributed by atoms with van der Waals surface area (Å²) >= 11 is 0. The second-order valence-corrected chi connectivity index (χ2v) is 11.7. The van der Waals surface area contributed by atoms with E-state index < -0.39 is 0 Å². The third kappa shape index (κ3) is 6.16. The van der Waals surface area contributed by atoms with E-state index in [9.17, 15) is 19.5 Å². The molecule has 238 valence electrons. The number of hydrogen-bond acceptors (Lipinski definition) is 8. The Labute approximate surface area is 267 Å². The molecule has 0 spiro atoms. The maximum absolute atomic E-state index is 13.9. The van der Waals surface area contributed by atoms with Gasteiger partial charge in [0, 0.05) is 54.5 Å². The van der Waals surface area contributed by atoms with E-state index in [0.29, 0.717) is 77.7 Å². The largest absolute Gasteiger partial charge is 0.392 e. The smallest absolute Gasteiger partial charge is 0.271 e. The first-order valence-corrected chi connectivity index (χ1v) is 15.7. The number of hydrogen-bond donors (Lipinski definition) is 3. The van der Waals surface area contributed by atoms with Crippen LogP contribution in [0.25, 0.3) is 11.1 Å². The molecule has 1 saturated heterocycles. The van der Waals surface area contributed by atoms with Crippen molar-refractivity contribution in [2.45, 2.75) is 52.2 Å². The number of anilines is 3. The molecule has 5 heterocycles. The lowest BCUT2D eigenvalue weighted by molar-refractivity contribution is 0.0302. The van der Waals surface area contributed by atoms with Crippen LogP contribution in [0.3, 0.4) is 0 Å². The number of aliphatic hydroxyl groups excluding tert-OH is 1. The van der Waals surface area contributed by atoms with Gasteiger partial charge in [-0.3, -0.25) is 19.4 Å². The summed E-state index contributed by atoms with van der Waals surface area (Å²) in [5.74, 6) is 0.155. The van der Waals surface area contributed by atoms with Crippen LogP contribution in [0.2, 0.25) is 0 Å². The summed E-state index contributed by atoms with van der Waals surface area (Å²) in [4.78, 5) is 54.9. The highest BCUT2D eigenvalue weighted by Crippen LogP contribution is 2.38. The lowest BCUT2D eigenvalue weighted by Gasteiger charge is -2.38. The number of carbonyl (C=O) groups excluding carboxylic acids is 2. The number of fused-ring (bicyclic) bond motifs is 1. The number of unbranched alkanes of at least 4 members (excludes halogenated alkanes) is 1. The number of nitrogens with one attached hydrogen (secondary N) is 2. The molecular formula is C35H38N6O5. The van der Waals surface area contributed by atoms with Crippen LogP contribution in [0.1, 0.15) is 63.7 Å². The molecule has 46 heavy (non-hydrogen) atoms. The number of pyridine rings is 3. The number of amides is 2. The molecule has 1 unspecified atom stereocenters. The number of aliphatic hydroxyl groups is 1. The van der Waals surface area contributed by atoms with Gasteiger partial charge in [0.2, 0.25) is 0 Å². The summed E-state index contributed by atoms with van der Waals surface area (Å²) in [6.45, 7) is 5.72. The van der Waals surface area contributed by atoms with E-state index in [4.69, 9.17) is 4.74 Å². The van der Waals surface area contributed by atoms with E-state index in [0.717, 1.165) is 24.8 Å². The molecule has 11 nitrogen and oxygen atoms in total. The van der Waals surface area contributed by atoms with Crippen LogP contribution < -0.4 is 15.8 Å². The average Bonchev–Trinajstić information content (AvgIpc) is 3.08. The van der Waals surface area contributed by atoms with Gasteiger partial charge in [0.05, 0.1) is 36.6 Å². The van der Waals surface area contributed by atoms with Crippen molar-refractivity contribution in [3.05, 3.63) is 99.4 Å². The molecule has 1 atom stereocenters. The molecule has 3 N–H and O–H groups in total. The molecule has 3 aromatic heterocycles. The van der Waals surface area contributed by atoms with Gasteiger partial charge in [-0.15, -0.1) is 0 Å². The van der Waals surface area contributed by atoms with Crippen molar-refractivity contribution >= 4 is 29.0 Å². The van der Waals surface area contributed by atoms with Gasteiger partial charge in [0.25, 0.3) is 17.4 Å². The van der Waals surface area contributed by atoms with E-state index in [1.807, 2.05) is 29.2 Å². The highest BCUT2D eigenvalue weighted by atomic mass is 16.5. The number of aryl methyl sites for hydroxylation is 1. The monoisotopic (exact) mass is 622 g/mol. The predicted molar refractivity (Wildman–Crippen MR) is 175 cm³/mol. The van der Waals surface area contributed by atoms with Crippen LogP contribution in [0.15, 0.2) is 65.8 Å². The zero-order chi connectivity index (χ0) is 32.2. The Kier molecular flexibility index (Phi) is 9.23. The zero-order valence-corrected chi connectivity index (χ0v) is 26.1. The fourth-order valence-electron chi connectivity index (χ4n) is 6.31. The Morgan fingerprint density at radius 1 is 1.09 bits per heavy atom. The van der Waals surface area contributed by atoms with E-state index in [1.165, 1.54) is 6.20 Å². The van der Waals surface area contributed by atoms with E-state index in [1.54, 1.807) is 42.4 Å². The fraction of sp³-hybridized carbons (Fsp3) is 0.343. The predicted octanol–water partition coefficient (Wildman–Crippen LogP) is 4.61. The summed E-state index contributed by atoms with van der Waals surface area (Å²) in [6.07, 6.45) is 8.33. The Morgan fingerprint density at radius 2 is 1.91 bits per heavy atom. The highest BCUT2D eigenvalue weighted by Gasteiger charge is 2.35. The van der Waals surface area contributed by atoms with Crippen molar-refractivity contribution in [3.63, 3.8) is 0 Å². The number of morpholine rings is 1. The molecule has 2 amide bonds. The first-order chi connectivity index (χ1) is 22.4. The molecule has 1 aromatic carbocycles. The summed E-state index contributed by atoms with van der Waals surface area (Å²) in [7, 11) is 0. The van der Waals surface area contributed by atoms with Crippen LogP contribution in [0, 0.1) is 6.92 Å². The van der Waals surface area contributed by atoms with Gasteiger partial charge < -0.3 is 29.9 Å². The average molecular weight is 623 g/mol. The molecule has 0 bridgehead atoms. The Bertz CT molecular complexity index is 1800. The van der Waals surface area contributed by atoms with Crippen molar-refractivity contribution in [1.82, 2.24) is 19.9 Å². The number of rotatable bonds is 9. The Balaban J connectivity index is 1.33. The van der Waals surface area contributed by atoms with Gasteiger partial charge in [0.15, 0.2) is 0 Å². The van der Waals surface area contributed by atoms with Crippen LogP contribution in [0.5, 0.6) is 0 Å². The maximum Gasteiger partial charge on any atom is 0.271 e. The van der Waals surface area contributed by atoms with Gasteiger partial charge in [0.1, 0.15) is 11.5 Å². The third-order valence-corrected chi connectivity index (χ3v) is 8.74. The lowest BCUT2D eigenvalue weighted by Crippen LogP contribution is -2.46. The van der Waals surface area contributed by atoms with Crippen molar-refractivity contribution in [2.75, 3.05) is 36.5 Å². The molecule has 11 heteroatoms. The van der Waals surface area contributed by atoms with Gasteiger partial charge in [-0.25, -0.2) is 4.98 Å². The number of carbonyl (C=O) groups is 2. The van der Waals surface area contributed by atoms with E-state index in [2.05, 4.69) is 27.2 Å². The summed E-state index contributed by atoms with van der Waals surface area (Å²) in [5.41, 5.74) is 5.18. The molecule has 1 fully saturated rings. The van der Waals surface area contributed by atoms with Gasteiger partial charge in [-0.2, -0.15) is 0 Å². The van der Waals surface area contributed by atoms with Crippen LogP contribution in [-0.4, -0.2) is 69.1 Å². The molecule has 2 aliphatic heterocycles. The topological polar surface area (TPSA) is 141 Å². The minimum Gasteiger partial charge on any atom is -0.392 e. The van der Waals surface area contributed by atoms with Crippen LogP contribution in [-0.2, 0) is 17.8 Å². The van der Waals surface area contributed by atoms with Crippen molar-refractivity contribution in [3.8, 4) is 11.1 Å². The number of nitrogens with zero attached hydrogens (tertiary/aromatic N) is 4. The molecule has 0 aliphatic carbocycles. The summed E-state index contributed by atoms with van der Waals surface area (Å²) in [6, 6.07) is 12.5. The summed E-state index contributed by atoms with van der Waals surface area (Å²) < 4.78 is 5.33. The number of H-pyrrole nitrogens is 1. The van der Waals surface area contributed by atoms with Crippen LogP contribution >= 0.6 is 0 Å². The number of aromatic nitrogens is 3.